The van der Waals surface area contributed by atoms with Crippen LogP contribution in [0.3, 0.4) is 0 Å². The van der Waals surface area contributed by atoms with Gasteiger partial charge in [-0.25, -0.2) is 9.97 Å². The zero-order chi connectivity index (χ0) is 20.2. The van der Waals surface area contributed by atoms with Crippen LogP contribution < -0.4 is 15.1 Å². The molecule has 1 N–H and O–H groups in total. The van der Waals surface area contributed by atoms with Crippen LogP contribution in [0, 0.1) is 6.92 Å². The van der Waals surface area contributed by atoms with Gasteiger partial charge < -0.3 is 24.6 Å². The van der Waals surface area contributed by atoms with Gasteiger partial charge in [0.05, 0.1) is 26.4 Å². The minimum Gasteiger partial charge on any atom is -0.378 e. The van der Waals surface area contributed by atoms with Crippen LogP contribution in [0.4, 0.5) is 17.5 Å². The third-order valence-electron chi connectivity index (χ3n) is 5.17. The number of aryl methyl sites for hydroxylation is 1. The standard InChI is InChI=1S/C21H27N5O3/c1-15-18(3-4-19(22-15)23-16(2)27)17-13-20(25-5-9-28-10-6-25)24-21(14-17)26-7-11-29-12-8-26/h3-4,13-14H,5-12H2,1-2H3,(H,22,23,27). The number of rotatable bonds is 4. The molecule has 0 aliphatic carbocycles. The van der Waals surface area contributed by atoms with Crippen molar-refractivity contribution in [3.05, 3.63) is 30.0 Å². The third kappa shape index (κ3) is 4.65. The summed E-state index contributed by atoms with van der Waals surface area (Å²) in [6.07, 6.45) is 0. The summed E-state index contributed by atoms with van der Waals surface area (Å²) in [4.78, 5) is 25.4. The topological polar surface area (TPSA) is 79.8 Å². The van der Waals surface area contributed by atoms with Gasteiger partial charge in [0.15, 0.2) is 0 Å². The highest BCUT2D eigenvalue weighted by atomic mass is 16.5. The number of hydrogen-bond acceptors (Lipinski definition) is 7. The van der Waals surface area contributed by atoms with Crippen molar-refractivity contribution >= 4 is 23.4 Å². The molecule has 2 aliphatic heterocycles. The van der Waals surface area contributed by atoms with E-state index in [0.717, 1.165) is 54.6 Å². The fourth-order valence-corrected chi connectivity index (χ4v) is 3.68. The highest BCUT2D eigenvalue weighted by Crippen LogP contribution is 2.31. The van der Waals surface area contributed by atoms with Crippen LogP contribution in [0.15, 0.2) is 24.3 Å². The lowest BCUT2D eigenvalue weighted by atomic mass is 10.0. The molecule has 4 rings (SSSR count). The number of pyridine rings is 2. The highest BCUT2D eigenvalue weighted by Gasteiger charge is 2.19. The molecular weight excluding hydrogens is 370 g/mol. The van der Waals surface area contributed by atoms with Crippen molar-refractivity contribution in [2.45, 2.75) is 13.8 Å². The molecule has 1 amide bonds. The molecule has 2 aromatic heterocycles. The normalized spacial score (nSPS) is 17.3. The number of nitrogens with zero attached hydrogens (tertiary/aromatic N) is 4. The predicted molar refractivity (Wildman–Crippen MR) is 113 cm³/mol. The summed E-state index contributed by atoms with van der Waals surface area (Å²) in [5, 5.41) is 2.74. The maximum atomic E-state index is 11.3. The maximum Gasteiger partial charge on any atom is 0.222 e. The highest BCUT2D eigenvalue weighted by molar-refractivity contribution is 5.88. The van der Waals surface area contributed by atoms with Crippen LogP contribution in [0.2, 0.25) is 0 Å². The summed E-state index contributed by atoms with van der Waals surface area (Å²) >= 11 is 0. The molecule has 0 aromatic carbocycles. The number of carbonyl (C=O) groups is 1. The Morgan fingerprint density at radius 3 is 1.97 bits per heavy atom. The smallest absolute Gasteiger partial charge is 0.222 e. The molecule has 0 bridgehead atoms. The Balaban J connectivity index is 1.72. The summed E-state index contributed by atoms with van der Waals surface area (Å²) in [6.45, 7) is 9.62. The van der Waals surface area contributed by atoms with E-state index in [1.165, 1.54) is 6.92 Å². The molecule has 29 heavy (non-hydrogen) atoms. The van der Waals surface area contributed by atoms with E-state index in [1.807, 2.05) is 19.1 Å². The zero-order valence-electron chi connectivity index (χ0n) is 17.0. The second-order valence-corrected chi connectivity index (χ2v) is 7.28. The van der Waals surface area contributed by atoms with Crippen molar-refractivity contribution in [1.82, 2.24) is 9.97 Å². The summed E-state index contributed by atoms with van der Waals surface area (Å²) < 4.78 is 11.0. The second-order valence-electron chi connectivity index (χ2n) is 7.28. The van der Waals surface area contributed by atoms with Crippen LogP contribution in [0.5, 0.6) is 0 Å². The van der Waals surface area contributed by atoms with Crippen LogP contribution in [-0.2, 0) is 14.3 Å². The number of ether oxygens (including phenoxy) is 2. The zero-order valence-corrected chi connectivity index (χ0v) is 17.0. The van der Waals surface area contributed by atoms with E-state index in [4.69, 9.17) is 14.5 Å². The molecule has 0 saturated carbocycles. The lowest BCUT2D eigenvalue weighted by molar-refractivity contribution is -0.114. The molecule has 0 atom stereocenters. The molecule has 4 heterocycles. The molecule has 8 heteroatoms. The van der Waals surface area contributed by atoms with Crippen LogP contribution in [-0.4, -0.2) is 68.5 Å². The van der Waals surface area contributed by atoms with E-state index in [2.05, 4.69) is 32.2 Å². The largest absolute Gasteiger partial charge is 0.378 e. The summed E-state index contributed by atoms with van der Waals surface area (Å²) in [5.41, 5.74) is 2.97. The molecule has 0 unspecified atom stereocenters. The van der Waals surface area contributed by atoms with Gasteiger partial charge in [0.1, 0.15) is 17.5 Å². The first kappa shape index (κ1) is 19.6. The number of amides is 1. The SMILES string of the molecule is CC(=O)Nc1ccc(-c2cc(N3CCOCC3)nc(N3CCOCC3)c2)c(C)n1. The first-order valence-corrected chi connectivity index (χ1v) is 10.0. The average Bonchev–Trinajstić information content (AvgIpc) is 2.74. The average molecular weight is 397 g/mol. The number of nitrogens with one attached hydrogen (secondary N) is 1. The number of aromatic nitrogens is 2. The Morgan fingerprint density at radius 2 is 1.48 bits per heavy atom. The number of hydrogen-bond donors (Lipinski definition) is 1. The summed E-state index contributed by atoms with van der Waals surface area (Å²) in [7, 11) is 0. The van der Waals surface area contributed by atoms with E-state index in [1.54, 1.807) is 0 Å². The van der Waals surface area contributed by atoms with Gasteiger partial charge in [-0.3, -0.25) is 4.79 Å². The van der Waals surface area contributed by atoms with Gasteiger partial charge in [-0.2, -0.15) is 0 Å². The van der Waals surface area contributed by atoms with Crippen LogP contribution >= 0.6 is 0 Å². The first-order valence-electron chi connectivity index (χ1n) is 10.0. The minimum atomic E-state index is -0.127. The van der Waals surface area contributed by atoms with E-state index < -0.39 is 0 Å². The molecule has 0 radical (unpaired) electrons. The Hall–Kier alpha value is -2.71. The third-order valence-corrected chi connectivity index (χ3v) is 5.17. The predicted octanol–water partition coefficient (Wildman–Crippen LogP) is 2.08. The number of carbonyl (C=O) groups excluding carboxylic acids is 1. The van der Waals surface area contributed by atoms with E-state index >= 15 is 0 Å². The Labute approximate surface area is 170 Å². The van der Waals surface area contributed by atoms with Crippen molar-refractivity contribution < 1.29 is 14.3 Å². The van der Waals surface area contributed by atoms with Gasteiger partial charge >= 0.3 is 0 Å². The molecule has 2 aromatic rings. The fraction of sp³-hybridized carbons (Fsp3) is 0.476. The van der Waals surface area contributed by atoms with E-state index in [0.29, 0.717) is 32.2 Å². The van der Waals surface area contributed by atoms with Crippen molar-refractivity contribution in [2.75, 3.05) is 67.7 Å². The quantitative estimate of drug-likeness (QED) is 0.846. The minimum absolute atomic E-state index is 0.127. The van der Waals surface area contributed by atoms with Crippen molar-refractivity contribution in [3.63, 3.8) is 0 Å². The Kier molecular flexibility index (Phi) is 5.92. The monoisotopic (exact) mass is 397 g/mol. The number of anilines is 3. The fourth-order valence-electron chi connectivity index (χ4n) is 3.68. The van der Waals surface area contributed by atoms with E-state index in [-0.39, 0.29) is 5.91 Å². The van der Waals surface area contributed by atoms with Crippen molar-refractivity contribution in [1.29, 1.82) is 0 Å². The van der Waals surface area contributed by atoms with Gasteiger partial charge in [-0.15, -0.1) is 0 Å². The summed E-state index contributed by atoms with van der Waals surface area (Å²) in [5.74, 6) is 2.35. The lowest BCUT2D eigenvalue weighted by Gasteiger charge is -2.32. The van der Waals surface area contributed by atoms with E-state index in [9.17, 15) is 4.79 Å². The van der Waals surface area contributed by atoms with Crippen LogP contribution in [0.1, 0.15) is 12.6 Å². The molecule has 154 valence electrons. The molecule has 8 nitrogen and oxygen atoms in total. The molecule has 0 spiro atoms. The number of morpholine rings is 2. The Bertz CT molecular complexity index is 840. The summed E-state index contributed by atoms with van der Waals surface area (Å²) in [6, 6.07) is 8.09. The van der Waals surface area contributed by atoms with Gasteiger partial charge in [0, 0.05) is 44.4 Å². The van der Waals surface area contributed by atoms with Crippen molar-refractivity contribution in [2.24, 2.45) is 0 Å². The van der Waals surface area contributed by atoms with Gasteiger partial charge in [-0.1, -0.05) is 0 Å². The second kappa shape index (κ2) is 8.75. The Morgan fingerprint density at radius 1 is 0.931 bits per heavy atom. The maximum absolute atomic E-state index is 11.3. The molecule has 2 aliphatic rings. The van der Waals surface area contributed by atoms with Gasteiger partial charge in [0.25, 0.3) is 0 Å². The van der Waals surface area contributed by atoms with Gasteiger partial charge in [-0.05, 0) is 36.8 Å². The molecular formula is C21H27N5O3. The first-order chi connectivity index (χ1) is 14.1. The molecule has 2 fully saturated rings. The molecule has 2 saturated heterocycles. The van der Waals surface area contributed by atoms with Gasteiger partial charge in [0.2, 0.25) is 5.91 Å². The van der Waals surface area contributed by atoms with Crippen LogP contribution in [0.25, 0.3) is 11.1 Å². The lowest BCUT2D eigenvalue weighted by Crippen LogP contribution is -2.39. The van der Waals surface area contributed by atoms with Crippen molar-refractivity contribution in [3.8, 4) is 11.1 Å².